The third-order valence-corrected chi connectivity index (χ3v) is 5.60. The van der Waals surface area contributed by atoms with Crippen molar-refractivity contribution in [2.24, 2.45) is 5.73 Å². The molecule has 0 saturated carbocycles. The van der Waals surface area contributed by atoms with Gasteiger partial charge in [-0.1, -0.05) is 54.6 Å². The Labute approximate surface area is 183 Å². The number of carbonyl (C=O) groups excluding carboxylic acids is 2. The maximum absolute atomic E-state index is 12.3. The summed E-state index contributed by atoms with van der Waals surface area (Å²) in [6, 6.07) is 14.0. The minimum Gasteiger partial charge on any atom is -0.394 e. The third-order valence-electron chi connectivity index (χ3n) is 4.39. The van der Waals surface area contributed by atoms with Crippen LogP contribution in [0.4, 0.5) is 0 Å². The highest BCUT2D eigenvalue weighted by atomic mass is 32.2. The lowest BCUT2D eigenvalue weighted by molar-refractivity contribution is -0.130. The van der Waals surface area contributed by atoms with Crippen LogP contribution in [0, 0.1) is 5.41 Å². The Morgan fingerprint density at radius 2 is 1.71 bits per heavy atom. The normalized spacial score (nSPS) is 13.6. The highest BCUT2D eigenvalue weighted by Crippen LogP contribution is 2.04. The first-order valence-corrected chi connectivity index (χ1v) is 10.9. The average molecular weight is 446 g/mol. The minimum absolute atomic E-state index is 0.0499. The number of hydrogen-bond donors (Lipinski definition) is 6. The number of carbonyl (C=O) groups is 2. The van der Waals surface area contributed by atoms with Gasteiger partial charge in [0, 0.05) is 12.1 Å². The van der Waals surface area contributed by atoms with E-state index in [4.69, 9.17) is 11.1 Å². The lowest BCUT2D eigenvalue weighted by Crippen LogP contribution is -2.53. The maximum Gasteiger partial charge on any atom is 0.245 e. The van der Waals surface area contributed by atoms with Crippen LogP contribution in [0.2, 0.25) is 0 Å². The molecule has 0 bridgehead atoms. The quantitative estimate of drug-likeness (QED) is 0.210. The second-order valence-electron chi connectivity index (χ2n) is 6.89. The van der Waals surface area contributed by atoms with Crippen LogP contribution in [-0.2, 0) is 32.9 Å². The first-order chi connectivity index (χ1) is 14.8. The number of nitrogens with one attached hydrogen (secondary N) is 4. The summed E-state index contributed by atoms with van der Waals surface area (Å²) in [5.74, 6) is -0.915. The number of hydrogen-bond acceptors (Lipinski definition) is 5. The van der Waals surface area contributed by atoms with Gasteiger partial charge in [-0.15, -0.1) is 0 Å². The molecule has 3 atom stereocenters. The van der Waals surface area contributed by atoms with Crippen LogP contribution in [0.15, 0.2) is 54.6 Å². The van der Waals surface area contributed by atoms with Crippen LogP contribution in [0.3, 0.4) is 0 Å². The maximum atomic E-state index is 12.3. The van der Waals surface area contributed by atoms with E-state index in [2.05, 4.69) is 15.4 Å². The molecule has 10 heteroatoms. The molecule has 1 unspecified atom stereocenters. The molecule has 31 heavy (non-hydrogen) atoms. The van der Waals surface area contributed by atoms with E-state index >= 15 is 0 Å². The van der Waals surface area contributed by atoms with Gasteiger partial charge in [-0.05, 0) is 18.1 Å². The molecule has 0 aromatic heterocycles. The van der Waals surface area contributed by atoms with Gasteiger partial charge in [-0.2, -0.15) is 0 Å². The summed E-state index contributed by atoms with van der Waals surface area (Å²) in [7, 11) is -1.48. The molecular formula is C21H27N5O4S. The van der Waals surface area contributed by atoms with Crippen molar-refractivity contribution in [3.05, 3.63) is 71.3 Å². The van der Waals surface area contributed by atoms with Crippen molar-refractivity contribution in [1.82, 2.24) is 15.4 Å². The Hall–Kier alpha value is -3.08. The van der Waals surface area contributed by atoms with Crippen molar-refractivity contribution >= 4 is 28.6 Å². The molecular weight excluding hydrogens is 418 g/mol. The SMILES string of the molecule is C[C@@H](NS(=O)Cc1ccccc1)C(=O)N[C@@H](CO)C(=O)NCc1ccc(C(=N)N)cc1. The zero-order valence-electron chi connectivity index (χ0n) is 17.1. The molecule has 2 rings (SSSR count). The van der Waals surface area contributed by atoms with Gasteiger partial charge in [0.15, 0.2) is 0 Å². The number of benzene rings is 2. The zero-order valence-corrected chi connectivity index (χ0v) is 17.9. The van der Waals surface area contributed by atoms with Crippen molar-refractivity contribution in [2.75, 3.05) is 6.61 Å². The molecule has 0 spiro atoms. The molecule has 7 N–H and O–H groups in total. The molecule has 166 valence electrons. The number of amides is 2. The minimum atomic E-state index is -1.48. The summed E-state index contributed by atoms with van der Waals surface area (Å²) in [5.41, 5.74) is 7.61. The van der Waals surface area contributed by atoms with E-state index in [-0.39, 0.29) is 18.1 Å². The van der Waals surface area contributed by atoms with Crippen LogP contribution >= 0.6 is 0 Å². The van der Waals surface area contributed by atoms with Crippen molar-refractivity contribution in [3.8, 4) is 0 Å². The second kappa shape index (κ2) is 11.9. The number of amidine groups is 1. The van der Waals surface area contributed by atoms with Crippen molar-refractivity contribution in [1.29, 1.82) is 5.41 Å². The van der Waals surface area contributed by atoms with Crippen LogP contribution in [0.1, 0.15) is 23.6 Å². The summed E-state index contributed by atoms with van der Waals surface area (Å²) < 4.78 is 14.9. The number of nitrogens with two attached hydrogens (primary N) is 1. The molecule has 0 radical (unpaired) electrons. The molecule has 0 aliphatic rings. The zero-order chi connectivity index (χ0) is 22.8. The van der Waals surface area contributed by atoms with Gasteiger partial charge in [0.25, 0.3) is 0 Å². The lowest BCUT2D eigenvalue weighted by Gasteiger charge is -2.19. The molecule has 0 saturated heterocycles. The largest absolute Gasteiger partial charge is 0.394 e. The smallest absolute Gasteiger partial charge is 0.245 e. The fourth-order valence-corrected chi connectivity index (χ4v) is 3.70. The summed E-state index contributed by atoms with van der Waals surface area (Å²) in [4.78, 5) is 24.7. The van der Waals surface area contributed by atoms with E-state index in [1.165, 1.54) is 6.92 Å². The van der Waals surface area contributed by atoms with E-state index in [1.54, 1.807) is 24.3 Å². The highest BCUT2D eigenvalue weighted by Gasteiger charge is 2.23. The van der Waals surface area contributed by atoms with Crippen LogP contribution in [0.25, 0.3) is 0 Å². The van der Waals surface area contributed by atoms with E-state index in [9.17, 15) is 18.9 Å². The Morgan fingerprint density at radius 1 is 1.06 bits per heavy atom. The van der Waals surface area contributed by atoms with Gasteiger partial charge in [0.1, 0.15) is 11.9 Å². The monoisotopic (exact) mass is 445 g/mol. The number of rotatable bonds is 11. The molecule has 2 amide bonds. The van der Waals surface area contributed by atoms with Crippen molar-refractivity contribution in [2.45, 2.75) is 31.3 Å². The van der Waals surface area contributed by atoms with E-state index in [1.807, 2.05) is 30.3 Å². The Bertz CT molecular complexity index is 921. The summed E-state index contributed by atoms with van der Waals surface area (Å²) >= 11 is 0. The van der Waals surface area contributed by atoms with E-state index < -0.39 is 41.5 Å². The van der Waals surface area contributed by atoms with Gasteiger partial charge >= 0.3 is 0 Å². The third kappa shape index (κ3) is 7.93. The van der Waals surface area contributed by atoms with E-state index in [0.29, 0.717) is 5.56 Å². The molecule has 0 aliphatic carbocycles. The molecule has 9 nitrogen and oxygen atoms in total. The topological polar surface area (TPSA) is 157 Å². The lowest BCUT2D eigenvalue weighted by atomic mass is 10.1. The second-order valence-corrected chi connectivity index (χ2v) is 8.10. The molecule has 0 fully saturated rings. The predicted molar refractivity (Wildman–Crippen MR) is 119 cm³/mol. The Balaban J connectivity index is 1.82. The Morgan fingerprint density at radius 3 is 2.29 bits per heavy atom. The first kappa shape index (κ1) is 24.2. The standard InChI is InChI=1S/C21H27N5O4S/c1-14(26-31(30)13-16-5-3-2-4-6-16)20(28)25-18(12-27)21(29)24-11-15-7-9-17(10-8-15)19(22)23/h2-10,14,18,26-27H,11-13H2,1H3,(H3,22,23)(H,24,29)(H,25,28)/t14-,18+,31?/m1/s1. The molecule has 2 aromatic carbocycles. The summed E-state index contributed by atoms with van der Waals surface area (Å²) in [6.45, 7) is 1.13. The van der Waals surface area contributed by atoms with Gasteiger partial charge < -0.3 is 21.5 Å². The molecule has 0 heterocycles. The van der Waals surface area contributed by atoms with Crippen LogP contribution in [0.5, 0.6) is 0 Å². The fraction of sp³-hybridized carbons (Fsp3) is 0.286. The summed E-state index contributed by atoms with van der Waals surface area (Å²) in [6.07, 6.45) is 0. The number of aliphatic hydroxyl groups is 1. The fourth-order valence-electron chi connectivity index (χ4n) is 2.62. The van der Waals surface area contributed by atoms with Crippen molar-refractivity contribution in [3.63, 3.8) is 0 Å². The van der Waals surface area contributed by atoms with Crippen LogP contribution < -0.4 is 21.1 Å². The number of nitrogen functional groups attached to an aromatic ring is 1. The van der Waals surface area contributed by atoms with Gasteiger partial charge in [-0.3, -0.25) is 15.0 Å². The number of aliphatic hydroxyl groups excluding tert-OH is 1. The average Bonchev–Trinajstić information content (AvgIpc) is 2.76. The predicted octanol–water partition coefficient (Wildman–Crippen LogP) is -0.0940. The van der Waals surface area contributed by atoms with Crippen molar-refractivity contribution < 1.29 is 18.9 Å². The van der Waals surface area contributed by atoms with Crippen LogP contribution in [-0.4, -0.2) is 45.7 Å². The summed E-state index contributed by atoms with van der Waals surface area (Å²) in [5, 5.41) is 22.0. The molecule has 0 aliphatic heterocycles. The molecule has 2 aromatic rings. The van der Waals surface area contributed by atoms with E-state index in [0.717, 1.165) is 11.1 Å². The Kier molecular flexibility index (Phi) is 9.32. The van der Waals surface area contributed by atoms with Gasteiger partial charge in [0.05, 0.1) is 29.4 Å². The highest BCUT2D eigenvalue weighted by molar-refractivity contribution is 7.82. The first-order valence-electron chi connectivity index (χ1n) is 9.61. The van der Waals surface area contributed by atoms with Gasteiger partial charge in [0.2, 0.25) is 11.8 Å². The van der Waals surface area contributed by atoms with Gasteiger partial charge in [-0.25, -0.2) is 8.93 Å².